The molecule has 0 saturated carbocycles. The van der Waals surface area contributed by atoms with E-state index in [0.717, 1.165) is 5.56 Å². The molecule has 6 N–H and O–H groups in total. The van der Waals surface area contributed by atoms with Gasteiger partial charge in [-0.25, -0.2) is 4.79 Å². The lowest BCUT2D eigenvalue weighted by molar-refractivity contribution is -0.150. The van der Waals surface area contributed by atoms with E-state index in [1.54, 1.807) is 19.1 Å². The second-order valence-electron chi connectivity index (χ2n) is 8.62. The molecule has 0 spiro atoms. The molecule has 2 rings (SSSR count). The van der Waals surface area contributed by atoms with Gasteiger partial charge in [-0.15, -0.1) is 0 Å². The van der Waals surface area contributed by atoms with Crippen LogP contribution in [-0.2, 0) is 25.6 Å². The van der Waals surface area contributed by atoms with Crippen molar-refractivity contribution in [3.63, 3.8) is 0 Å². The van der Waals surface area contributed by atoms with E-state index in [1.165, 1.54) is 17.0 Å². The third-order valence-electron chi connectivity index (χ3n) is 6.14. The number of likely N-dealkylation sites (tertiary alicyclic amines) is 1. The van der Waals surface area contributed by atoms with Gasteiger partial charge in [0.15, 0.2) is 0 Å². The molecule has 1 heterocycles. The summed E-state index contributed by atoms with van der Waals surface area (Å²) in [6.45, 7) is 3.99. The van der Waals surface area contributed by atoms with Crippen molar-refractivity contribution in [1.29, 1.82) is 0 Å². The van der Waals surface area contributed by atoms with Crippen LogP contribution >= 0.6 is 12.6 Å². The molecule has 11 heteroatoms. The number of carbonyl (C=O) groups excluding carboxylic acids is 3. The Kier molecular flexibility index (Phi) is 10.2. The first kappa shape index (κ1) is 27.5. The van der Waals surface area contributed by atoms with Crippen LogP contribution in [0.15, 0.2) is 24.3 Å². The summed E-state index contributed by atoms with van der Waals surface area (Å²) in [5, 5.41) is 24.1. The highest BCUT2D eigenvalue weighted by molar-refractivity contribution is 7.80. The molecule has 1 aromatic carbocycles. The van der Waals surface area contributed by atoms with Crippen LogP contribution in [0.25, 0.3) is 0 Å². The van der Waals surface area contributed by atoms with Crippen LogP contribution in [-0.4, -0.2) is 75.3 Å². The third-order valence-corrected chi connectivity index (χ3v) is 6.51. The maximum atomic E-state index is 13.2. The van der Waals surface area contributed by atoms with E-state index in [4.69, 9.17) is 5.73 Å². The number of thiol groups is 1. The molecule has 188 valence electrons. The Morgan fingerprint density at radius 1 is 1.18 bits per heavy atom. The standard InChI is InChI=1S/C23H34N4O6S/c1-3-13(2)19(22(31)27-10-4-5-18(27)23(32)33)26-21(30)17(12-34)25-20(29)16(24)11-14-6-8-15(28)9-7-14/h6-9,13,16-19,28,34H,3-5,10-12,24H2,1-2H3,(H,25,29)(H,26,30)(H,32,33)/t13-,16-,17-,18-,19-/m0/s1. The summed E-state index contributed by atoms with van der Waals surface area (Å²) in [4.78, 5) is 51.5. The molecular weight excluding hydrogens is 460 g/mol. The fourth-order valence-corrected chi connectivity index (χ4v) is 4.11. The summed E-state index contributed by atoms with van der Waals surface area (Å²) in [5.41, 5.74) is 6.73. The number of aromatic hydroxyl groups is 1. The summed E-state index contributed by atoms with van der Waals surface area (Å²) in [6.07, 6.45) is 1.73. The number of rotatable bonds is 11. The van der Waals surface area contributed by atoms with Crippen LogP contribution in [0.2, 0.25) is 0 Å². The van der Waals surface area contributed by atoms with Crippen molar-refractivity contribution in [1.82, 2.24) is 15.5 Å². The first-order valence-electron chi connectivity index (χ1n) is 11.4. The van der Waals surface area contributed by atoms with Crippen molar-refractivity contribution in [2.45, 2.75) is 63.7 Å². The number of phenols is 1. The van der Waals surface area contributed by atoms with Crippen LogP contribution < -0.4 is 16.4 Å². The fraction of sp³-hybridized carbons (Fsp3) is 0.565. The number of nitrogens with two attached hydrogens (primary N) is 1. The van der Waals surface area contributed by atoms with E-state index in [0.29, 0.717) is 25.8 Å². The van der Waals surface area contributed by atoms with Gasteiger partial charge in [-0.2, -0.15) is 12.6 Å². The average Bonchev–Trinajstić information content (AvgIpc) is 3.31. The molecule has 1 aliphatic rings. The van der Waals surface area contributed by atoms with E-state index in [2.05, 4.69) is 23.3 Å². The van der Waals surface area contributed by atoms with Gasteiger partial charge in [0.1, 0.15) is 23.9 Å². The number of nitrogens with one attached hydrogen (secondary N) is 2. The Balaban J connectivity index is 2.05. The van der Waals surface area contributed by atoms with Gasteiger partial charge < -0.3 is 31.5 Å². The van der Waals surface area contributed by atoms with Crippen molar-refractivity contribution in [3.05, 3.63) is 29.8 Å². The zero-order valence-corrected chi connectivity index (χ0v) is 20.3. The maximum Gasteiger partial charge on any atom is 0.326 e. The Morgan fingerprint density at radius 2 is 1.82 bits per heavy atom. The molecule has 0 unspecified atom stereocenters. The lowest BCUT2D eigenvalue weighted by atomic mass is 9.97. The molecule has 10 nitrogen and oxygen atoms in total. The number of hydrogen-bond donors (Lipinski definition) is 6. The van der Waals surface area contributed by atoms with Gasteiger partial charge in [0.25, 0.3) is 0 Å². The van der Waals surface area contributed by atoms with E-state index in [1.807, 2.05) is 6.92 Å². The summed E-state index contributed by atoms with van der Waals surface area (Å²) >= 11 is 4.17. The summed E-state index contributed by atoms with van der Waals surface area (Å²) in [6, 6.07) is 2.47. The minimum Gasteiger partial charge on any atom is -0.508 e. The van der Waals surface area contributed by atoms with Gasteiger partial charge >= 0.3 is 5.97 Å². The molecular formula is C23H34N4O6S. The van der Waals surface area contributed by atoms with Gasteiger partial charge in [-0.05, 0) is 42.9 Å². The number of carboxylic acids is 1. The zero-order valence-electron chi connectivity index (χ0n) is 19.4. The predicted molar refractivity (Wildman–Crippen MR) is 129 cm³/mol. The summed E-state index contributed by atoms with van der Waals surface area (Å²) in [7, 11) is 0. The molecule has 1 aromatic rings. The molecule has 1 aliphatic heterocycles. The SMILES string of the molecule is CC[C@H](C)[C@H](NC(=O)[C@H](CS)NC(=O)[C@@H](N)Cc1ccc(O)cc1)C(=O)N1CCC[C@H]1C(=O)O. The second kappa shape index (κ2) is 12.6. The van der Waals surface area contributed by atoms with Gasteiger partial charge in [0.2, 0.25) is 17.7 Å². The number of hydrogen-bond acceptors (Lipinski definition) is 7. The highest BCUT2D eigenvalue weighted by Crippen LogP contribution is 2.21. The first-order chi connectivity index (χ1) is 16.1. The summed E-state index contributed by atoms with van der Waals surface area (Å²) < 4.78 is 0. The number of phenolic OH excluding ortho intramolecular Hbond substituents is 1. The molecule has 0 aromatic heterocycles. The molecule has 0 bridgehead atoms. The monoisotopic (exact) mass is 494 g/mol. The Bertz CT molecular complexity index is 881. The van der Waals surface area contributed by atoms with Gasteiger partial charge in [-0.1, -0.05) is 32.4 Å². The minimum absolute atomic E-state index is 0.0214. The van der Waals surface area contributed by atoms with Gasteiger partial charge in [0.05, 0.1) is 6.04 Å². The number of carbonyl (C=O) groups is 4. The molecule has 0 radical (unpaired) electrons. The van der Waals surface area contributed by atoms with Gasteiger partial charge in [0, 0.05) is 12.3 Å². The molecule has 5 atom stereocenters. The zero-order chi connectivity index (χ0) is 25.4. The fourth-order valence-electron chi connectivity index (χ4n) is 3.85. The van der Waals surface area contributed by atoms with E-state index in [-0.39, 0.29) is 23.8 Å². The lowest BCUT2D eigenvalue weighted by Crippen LogP contribution is -2.59. The third kappa shape index (κ3) is 7.10. The van der Waals surface area contributed by atoms with E-state index in [9.17, 15) is 29.4 Å². The van der Waals surface area contributed by atoms with Crippen LogP contribution in [0.4, 0.5) is 0 Å². The van der Waals surface area contributed by atoms with Crippen molar-refractivity contribution < 1.29 is 29.4 Å². The van der Waals surface area contributed by atoms with Gasteiger partial charge in [-0.3, -0.25) is 14.4 Å². The van der Waals surface area contributed by atoms with Crippen LogP contribution in [0.5, 0.6) is 5.75 Å². The topological polar surface area (TPSA) is 162 Å². The molecule has 0 aliphatic carbocycles. The Morgan fingerprint density at radius 3 is 2.38 bits per heavy atom. The average molecular weight is 495 g/mol. The number of amides is 3. The van der Waals surface area contributed by atoms with Crippen molar-refractivity contribution in [2.75, 3.05) is 12.3 Å². The smallest absolute Gasteiger partial charge is 0.326 e. The predicted octanol–water partition coefficient (Wildman–Crippen LogP) is 0.283. The quantitative estimate of drug-likeness (QED) is 0.241. The number of aliphatic carboxylic acids is 1. The highest BCUT2D eigenvalue weighted by atomic mass is 32.1. The number of nitrogens with zero attached hydrogens (tertiary/aromatic N) is 1. The van der Waals surface area contributed by atoms with Crippen molar-refractivity contribution in [3.8, 4) is 5.75 Å². The Hall–Kier alpha value is -2.79. The molecule has 34 heavy (non-hydrogen) atoms. The second-order valence-corrected chi connectivity index (χ2v) is 8.99. The van der Waals surface area contributed by atoms with Crippen LogP contribution in [0.1, 0.15) is 38.7 Å². The van der Waals surface area contributed by atoms with E-state index >= 15 is 0 Å². The lowest BCUT2D eigenvalue weighted by Gasteiger charge is -2.31. The van der Waals surface area contributed by atoms with E-state index < -0.39 is 47.9 Å². The number of benzene rings is 1. The van der Waals surface area contributed by atoms with Crippen molar-refractivity contribution >= 4 is 36.3 Å². The normalized spacial score (nSPS) is 19.1. The first-order valence-corrected chi connectivity index (χ1v) is 12.0. The largest absolute Gasteiger partial charge is 0.508 e. The molecule has 3 amide bonds. The van der Waals surface area contributed by atoms with Crippen molar-refractivity contribution in [2.24, 2.45) is 11.7 Å². The number of carboxylic acid groups (broad SMARTS) is 1. The van der Waals surface area contributed by atoms with Crippen LogP contribution in [0, 0.1) is 5.92 Å². The van der Waals surface area contributed by atoms with Crippen LogP contribution in [0.3, 0.4) is 0 Å². The Labute approximate surface area is 204 Å². The summed E-state index contributed by atoms with van der Waals surface area (Å²) in [5.74, 6) is -2.83. The highest BCUT2D eigenvalue weighted by Gasteiger charge is 2.39. The molecule has 1 saturated heterocycles. The maximum absolute atomic E-state index is 13.2. The molecule has 1 fully saturated rings. The minimum atomic E-state index is -1.07.